The van der Waals surface area contributed by atoms with Crippen LogP contribution < -0.4 is 9.46 Å². The highest BCUT2D eigenvalue weighted by Gasteiger charge is 2.27. The van der Waals surface area contributed by atoms with E-state index in [1.165, 1.54) is 25.3 Å². The van der Waals surface area contributed by atoms with Crippen molar-refractivity contribution in [1.82, 2.24) is 4.72 Å². The lowest BCUT2D eigenvalue weighted by Crippen LogP contribution is -2.43. The van der Waals surface area contributed by atoms with Crippen molar-refractivity contribution >= 4 is 27.6 Å². The molecule has 106 valence electrons. The summed E-state index contributed by atoms with van der Waals surface area (Å²) in [5.74, 6) is -1.51. The Kier molecular flexibility index (Phi) is 5.12. The van der Waals surface area contributed by atoms with Crippen molar-refractivity contribution in [2.45, 2.75) is 10.9 Å². The zero-order valence-electron chi connectivity index (χ0n) is 9.83. The summed E-state index contributed by atoms with van der Waals surface area (Å²) in [5, 5.41) is 17.8. The smallest absolute Gasteiger partial charge is 0.324 e. The van der Waals surface area contributed by atoms with Gasteiger partial charge in [0, 0.05) is 11.1 Å². The summed E-state index contributed by atoms with van der Waals surface area (Å²) in [6.45, 7) is -0.871. The summed E-state index contributed by atoms with van der Waals surface area (Å²) in [6, 6.07) is 2.16. The third-order valence-electron chi connectivity index (χ3n) is 2.19. The number of nitrogens with one attached hydrogen (secondary N) is 1. The lowest BCUT2D eigenvalue weighted by atomic mass is 10.3. The van der Waals surface area contributed by atoms with E-state index >= 15 is 0 Å². The number of aliphatic hydroxyl groups is 1. The molecular weight excluding hydrogens is 298 g/mol. The number of aliphatic hydroxyl groups excluding tert-OH is 1. The Labute approximate surface area is 114 Å². The molecule has 1 atom stereocenters. The first-order chi connectivity index (χ1) is 8.81. The van der Waals surface area contributed by atoms with Crippen molar-refractivity contribution < 1.29 is 28.2 Å². The van der Waals surface area contributed by atoms with Crippen molar-refractivity contribution in [2.24, 2.45) is 0 Å². The van der Waals surface area contributed by atoms with Gasteiger partial charge in [0.1, 0.15) is 16.7 Å². The SMILES string of the molecule is COc1cc(Cl)ccc1S(=O)(=O)N[C@@H](CO)C(=O)O. The van der Waals surface area contributed by atoms with Crippen LogP contribution in [0.15, 0.2) is 23.1 Å². The Hall–Kier alpha value is -1.35. The molecule has 1 aromatic rings. The second kappa shape index (κ2) is 6.20. The van der Waals surface area contributed by atoms with E-state index < -0.39 is 28.6 Å². The van der Waals surface area contributed by atoms with Crippen molar-refractivity contribution in [3.63, 3.8) is 0 Å². The second-order valence-electron chi connectivity index (χ2n) is 3.49. The molecule has 0 heterocycles. The van der Waals surface area contributed by atoms with Crippen LogP contribution in [-0.2, 0) is 14.8 Å². The fraction of sp³-hybridized carbons (Fsp3) is 0.300. The van der Waals surface area contributed by atoms with Gasteiger partial charge in [-0.1, -0.05) is 11.6 Å². The van der Waals surface area contributed by atoms with E-state index in [1.54, 1.807) is 0 Å². The van der Waals surface area contributed by atoms with E-state index in [2.05, 4.69) is 0 Å². The molecular formula is C10H12ClNO6S. The summed E-state index contributed by atoms with van der Waals surface area (Å²) in [7, 11) is -2.90. The number of carboxylic acid groups (broad SMARTS) is 1. The van der Waals surface area contributed by atoms with Gasteiger partial charge < -0.3 is 14.9 Å². The minimum atomic E-state index is -4.15. The number of sulfonamides is 1. The highest BCUT2D eigenvalue weighted by molar-refractivity contribution is 7.89. The van der Waals surface area contributed by atoms with Gasteiger partial charge in [-0.15, -0.1) is 0 Å². The van der Waals surface area contributed by atoms with E-state index in [-0.39, 0.29) is 15.7 Å². The Morgan fingerprint density at radius 2 is 2.16 bits per heavy atom. The molecule has 1 rings (SSSR count). The minimum Gasteiger partial charge on any atom is -0.495 e. The van der Waals surface area contributed by atoms with Crippen LogP contribution in [0.1, 0.15) is 0 Å². The first-order valence-electron chi connectivity index (χ1n) is 5.01. The van der Waals surface area contributed by atoms with Crippen LogP contribution in [0, 0.1) is 0 Å². The van der Waals surface area contributed by atoms with Crippen LogP contribution in [0.4, 0.5) is 0 Å². The summed E-state index contributed by atoms with van der Waals surface area (Å²) in [5.41, 5.74) is 0. The minimum absolute atomic E-state index is 0.0259. The van der Waals surface area contributed by atoms with Crippen LogP contribution in [-0.4, -0.2) is 44.4 Å². The van der Waals surface area contributed by atoms with E-state index in [0.29, 0.717) is 0 Å². The van der Waals surface area contributed by atoms with Crippen LogP contribution in [0.5, 0.6) is 5.75 Å². The molecule has 0 unspecified atom stereocenters. The Bertz CT molecular complexity index is 573. The number of carbonyl (C=O) groups is 1. The third-order valence-corrected chi connectivity index (χ3v) is 3.94. The molecule has 7 nitrogen and oxygen atoms in total. The number of methoxy groups -OCH3 is 1. The van der Waals surface area contributed by atoms with Gasteiger partial charge in [0.15, 0.2) is 0 Å². The van der Waals surface area contributed by atoms with Gasteiger partial charge in [-0.2, -0.15) is 4.72 Å². The molecule has 0 aromatic heterocycles. The van der Waals surface area contributed by atoms with E-state index in [1.807, 2.05) is 4.72 Å². The van der Waals surface area contributed by atoms with Crippen molar-refractivity contribution in [3.8, 4) is 5.75 Å². The number of benzene rings is 1. The molecule has 0 saturated carbocycles. The number of hydrogen-bond acceptors (Lipinski definition) is 5. The van der Waals surface area contributed by atoms with Gasteiger partial charge in [0.05, 0.1) is 13.7 Å². The lowest BCUT2D eigenvalue weighted by Gasteiger charge is -2.14. The van der Waals surface area contributed by atoms with Gasteiger partial charge in [-0.3, -0.25) is 4.79 Å². The summed E-state index contributed by atoms with van der Waals surface area (Å²) in [4.78, 5) is 10.4. The van der Waals surface area contributed by atoms with Crippen LogP contribution in [0.3, 0.4) is 0 Å². The van der Waals surface area contributed by atoms with Crippen molar-refractivity contribution in [1.29, 1.82) is 0 Å². The lowest BCUT2D eigenvalue weighted by molar-refractivity contribution is -0.139. The maximum absolute atomic E-state index is 12.0. The first-order valence-corrected chi connectivity index (χ1v) is 6.87. The zero-order chi connectivity index (χ0) is 14.6. The van der Waals surface area contributed by atoms with Crippen molar-refractivity contribution in [3.05, 3.63) is 23.2 Å². The first kappa shape index (κ1) is 15.7. The molecule has 0 fully saturated rings. The van der Waals surface area contributed by atoms with Gasteiger partial charge in [0.25, 0.3) is 0 Å². The Morgan fingerprint density at radius 3 is 2.63 bits per heavy atom. The van der Waals surface area contributed by atoms with E-state index in [4.69, 9.17) is 26.6 Å². The number of ether oxygens (including phenoxy) is 1. The van der Waals surface area contributed by atoms with Crippen LogP contribution >= 0.6 is 11.6 Å². The maximum atomic E-state index is 12.0. The average Bonchev–Trinajstić information content (AvgIpc) is 2.35. The highest BCUT2D eigenvalue weighted by Crippen LogP contribution is 2.27. The molecule has 1 aromatic carbocycles. The van der Waals surface area contributed by atoms with Gasteiger partial charge in [0.2, 0.25) is 10.0 Å². The molecule has 0 aliphatic heterocycles. The third kappa shape index (κ3) is 3.80. The summed E-state index contributed by atoms with van der Waals surface area (Å²) < 4.78 is 30.7. The largest absolute Gasteiger partial charge is 0.495 e. The molecule has 0 spiro atoms. The van der Waals surface area contributed by atoms with Crippen molar-refractivity contribution in [2.75, 3.05) is 13.7 Å². The normalized spacial score (nSPS) is 13.0. The number of hydrogen-bond donors (Lipinski definition) is 3. The van der Waals surface area contributed by atoms with Gasteiger partial charge in [-0.05, 0) is 12.1 Å². The maximum Gasteiger partial charge on any atom is 0.324 e. The van der Waals surface area contributed by atoms with Gasteiger partial charge >= 0.3 is 5.97 Å². The molecule has 19 heavy (non-hydrogen) atoms. The molecule has 0 aliphatic carbocycles. The number of aliphatic carboxylic acids is 1. The monoisotopic (exact) mass is 309 g/mol. The molecule has 0 aliphatic rings. The zero-order valence-corrected chi connectivity index (χ0v) is 11.4. The molecule has 0 radical (unpaired) electrons. The van der Waals surface area contributed by atoms with Crippen LogP contribution in [0.2, 0.25) is 5.02 Å². The molecule has 0 amide bonds. The topological polar surface area (TPSA) is 113 Å². The van der Waals surface area contributed by atoms with E-state index in [9.17, 15) is 13.2 Å². The molecule has 0 saturated heterocycles. The Morgan fingerprint density at radius 1 is 1.53 bits per heavy atom. The number of carboxylic acids is 1. The number of rotatable bonds is 6. The molecule has 3 N–H and O–H groups in total. The Balaban J connectivity index is 3.17. The van der Waals surface area contributed by atoms with Gasteiger partial charge in [-0.25, -0.2) is 8.42 Å². The predicted molar refractivity (Wildman–Crippen MR) is 66.8 cm³/mol. The fourth-order valence-electron chi connectivity index (χ4n) is 1.28. The molecule has 0 bridgehead atoms. The quantitative estimate of drug-likeness (QED) is 0.685. The molecule has 9 heteroatoms. The highest BCUT2D eigenvalue weighted by atomic mass is 35.5. The second-order valence-corrected chi connectivity index (χ2v) is 5.61. The summed E-state index contributed by atoms with van der Waals surface area (Å²) in [6.07, 6.45) is 0. The number of halogens is 1. The van der Waals surface area contributed by atoms with Crippen LogP contribution in [0.25, 0.3) is 0 Å². The predicted octanol–water partition coefficient (Wildman–Crippen LogP) is 0.0724. The standard InChI is InChI=1S/C10H12ClNO6S/c1-18-8-4-6(11)2-3-9(8)19(16,17)12-7(5-13)10(14)15/h2-4,7,12-13H,5H2,1H3,(H,14,15)/t7-/m0/s1. The average molecular weight is 310 g/mol. The summed E-state index contributed by atoms with van der Waals surface area (Å²) >= 11 is 5.70. The van der Waals surface area contributed by atoms with E-state index in [0.717, 1.165) is 0 Å². The fourth-order valence-corrected chi connectivity index (χ4v) is 2.77.